The Hall–Kier alpha value is -1.06. The second kappa shape index (κ2) is 8.11. The quantitative estimate of drug-likeness (QED) is 0.747. The van der Waals surface area contributed by atoms with Crippen LogP contribution >= 0.6 is 11.6 Å². The van der Waals surface area contributed by atoms with E-state index in [-0.39, 0.29) is 11.9 Å². The number of hydrogen-bond donors (Lipinski definition) is 2. The molecule has 1 aromatic carbocycles. The van der Waals surface area contributed by atoms with Gasteiger partial charge in [-0.3, -0.25) is 4.79 Å². The molecule has 0 bridgehead atoms. The molecule has 0 saturated heterocycles. The molecule has 0 aliphatic carbocycles. The van der Waals surface area contributed by atoms with Gasteiger partial charge in [-0.15, -0.1) is 0 Å². The zero-order valence-electron chi connectivity index (χ0n) is 10.8. The SMILES string of the molecule is CCC(NC(=O)CCCCN)c1cccc(Cl)c1. The molecule has 1 aromatic rings. The van der Waals surface area contributed by atoms with Crippen molar-refractivity contribution in [3.63, 3.8) is 0 Å². The highest BCUT2D eigenvalue weighted by Crippen LogP contribution is 2.20. The van der Waals surface area contributed by atoms with Crippen LogP contribution in [-0.4, -0.2) is 12.5 Å². The van der Waals surface area contributed by atoms with E-state index in [1.807, 2.05) is 31.2 Å². The lowest BCUT2D eigenvalue weighted by atomic mass is 10.0. The van der Waals surface area contributed by atoms with Gasteiger partial charge in [0.15, 0.2) is 0 Å². The van der Waals surface area contributed by atoms with Crippen molar-refractivity contribution < 1.29 is 4.79 Å². The average Bonchev–Trinajstić information content (AvgIpc) is 2.36. The van der Waals surface area contributed by atoms with E-state index in [2.05, 4.69) is 5.32 Å². The van der Waals surface area contributed by atoms with Crippen molar-refractivity contribution in [1.29, 1.82) is 0 Å². The Labute approximate surface area is 114 Å². The van der Waals surface area contributed by atoms with Gasteiger partial charge in [0, 0.05) is 11.4 Å². The van der Waals surface area contributed by atoms with Gasteiger partial charge in [-0.1, -0.05) is 30.7 Å². The number of carbonyl (C=O) groups is 1. The van der Waals surface area contributed by atoms with Crippen LogP contribution in [-0.2, 0) is 4.79 Å². The Morgan fingerprint density at radius 1 is 1.44 bits per heavy atom. The Kier molecular flexibility index (Phi) is 6.76. The highest BCUT2D eigenvalue weighted by atomic mass is 35.5. The molecule has 0 radical (unpaired) electrons. The van der Waals surface area contributed by atoms with Crippen LogP contribution in [0, 0.1) is 0 Å². The van der Waals surface area contributed by atoms with Crippen molar-refractivity contribution in [3.8, 4) is 0 Å². The first kappa shape index (κ1) is 15.0. The van der Waals surface area contributed by atoms with Crippen molar-refractivity contribution in [2.45, 2.75) is 38.6 Å². The number of amides is 1. The monoisotopic (exact) mass is 268 g/mol. The number of rotatable bonds is 7. The predicted octanol–water partition coefficient (Wildman–Crippen LogP) is 3.04. The molecule has 1 atom stereocenters. The van der Waals surface area contributed by atoms with E-state index < -0.39 is 0 Å². The van der Waals surface area contributed by atoms with Crippen LogP contribution in [0.4, 0.5) is 0 Å². The van der Waals surface area contributed by atoms with Gasteiger partial charge in [-0.05, 0) is 43.5 Å². The summed E-state index contributed by atoms with van der Waals surface area (Å²) in [6.45, 7) is 2.69. The van der Waals surface area contributed by atoms with Gasteiger partial charge < -0.3 is 11.1 Å². The van der Waals surface area contributed by atoms with Gasteiger partial charge in [0.1, 0.15) is 0 Å². The molecule has 0 fully saturated rings. The molecule has 0 heterocycles. The lowest BCUT2D eigenvalue weighted by molar-refractivity contribution is -0.122. The number of hydrogen-bond acceptors (Lipinski definition) is 2. The lowest BCUT2D eigenvalue weighted by Gasteiger charge is -2.17. The zero-order valence-corrected chi connectivity index (χ0v) is 11.5. The third-order valence-corrected chi connectivity index (χ3v) is 3.09. The van der Waals surface area contributed by atoms with E-state index >= 15 is 0 Å². The van der Waals surface area contributed by atoms with Crippen molar-refractivity contribution in [2.75, 3.05) is 6.54 Å². The minimum atomic E-state index is 0.0362. The van der Waals surface area contributed by atoms with Crippen molar-refractivity contribution in [2.24, 2.45) is 5.73 Å². The molecule has 0 aliphatic rings. The largest absolute Gasteiger partial charge is 0.349 e. The number of nitrogens with one attached hydrogen (secondary N) is 1. The molecule has 18 heavy (non-hydrogen) atoms. The van der Waals surface area contributed by atoms with Gasteiger partial charge in [-0.2, -0.15) is 0 Å². The van der Waals surface area contributed by atoms with Gasteiger partial charge >= 0.3 is 0 Å². The first-order chi connectivity index (χ1) is 8.67. The molecule has 0 aliphatic heterocycles. The summed E-state index contributed by atoms with van der Waals surface area (Å²) in [4.78, 5) is 11.8. The van der Waals surface area contributed by atoms with Gasteiger partial charge in [0.05, 0.1) is 6.04 Å². The molecule has 3 nitrogen and oxygen atoms in total. The second-order valence-corrected chi connectivity index (χ2v) is 4.77. The molecule has 0 aromatic heterocycles. The molecule has 1 rings (SSSR count). The van der Waals surface area contributed by atoms with Crippen molar-refractivity contribution in [1.82, 2.24) is 5.32 Å². The van der Waals surface area contributed by atoms with Crippen LogP contribution in [0.5, 0.6) is 0 Å². The summed E-state index contributed by atoms with van der Waals surface area (Å²) in [5.41, 5.74) is 6.46. The van der Waals surface area contributed by atoms with E-state index in [1.54, 1.807) is 0 Å². The average molecular weight is 269 g/mol. The summed E-state index contributed by atoms with van der Waals surface area (Å²) >= 11 is 5.96. The van der Waals surface area contributed by atoms with Crippen LogP contribution in [0.25, 0.3) is 0 Å². The standard InChI is InChI=1S/C14H21ClN2O/c1-2-13(11-6-5-7-12(15)10-11)17-14(18)8-3-4-9-16/h5-7,10,13H,2-4,8-9,16H2,1H3,(H,17,18). The van der Waals surface area contributed by atoms with Crippen molar-refractivity contribution >= 4 is 17.5 Å². The number of carbonyl (C=O) groups excluding carboxylic acids is 1. The van der Waals surface area contributed by atoms with Crippen LogP contribution in [0.3, 0.4) is 0 Å². The fraction of sp³-hybridized carbons (Fsp3) is 0.500. The predicted molar refractivity (Wildman–Crippen MR) is 75.5 cm³/mol. The highest BCUT2D eigenvalue weighted by molar-refractivity contribution is 6.30. The third-order valence-electron chi connectivity index (χ3n) is 2.85. The maximum atomic E-state index is 11.8. The van der Waals surface area contributed by atoms with Crippen LogP contribution in [0.1, 0.15) is 44.2 Å². The van der Waals surface area contributed by atoms with E-state index in [4.69, 9.17) is 17.3 Å². The summed E-state index contributed by atoms with van der Waals surface area (Å²) < 4.78 is 0. The summed E-state index contributed by atoms with van der Waals surface area (Å²) in [6.07, 6.45) is 3.12. The van der Waals surface area contributed by atoms with E-state index in [0.29, 0.717) is 18.0 Å². The summed E-state index contributed by atoms with van der Waals surface area (Å²) in [6, 6.07) is 7.66. The Bertz CT molecular complexity index is 382. The smallest absolute Gasteiger partial charge is 0.220 e. The molecule has 100 valence electrons. The normalized spacial score (nSPS) is 12.2. The summed E-state index contributed by atoms with van der Waals surface area (Å²) in [5.74, 6) is 0.0790. The van der Waals surface area contributed by atoms with Gasteiger partial charge in [-0.25, -0.2) is 0 Å². The second-order valence-electron chi connectivity index (χ2n) is 4.33. The lowest BCUT2D eigenvalue weighted by Crippen LogP contribution is -2.28. The van der Waals surface area contributed by atoms with Crippen LogP contribution < -0.4 is 11.1 Å². The van der Waals surface area contributed by atoms with Crippen molar-refractivity contribution in [3.05, 3.63) is 34.9 Å². The van der Waals surface area contributed by atoms with Gasteiger partial charge in [0.25, 0.3) is 0 Å². The Balaban J connectivity index is 2.54. The molecule has 4 heteroatoms. The third kappa shape index (κ3) is 5.07. The van der Waals surface area contributed by atoms with E-state index in [0.717, 1.165) is 24.8 Å². The topological polar surface area (TPSA) is 55.1 Å². The number of benzene rings is 1. The minimum Gasteiger partial charge on any atom is -0.349 e. The zero-order chi connectivity index (χ0) is 13.4. The molecular formula is C14H21ClN2O. The van der Waals surface area contributed by atoms with Crippen LogP contribution in [0.15, 0.2) is 24.3 Å². The molecule has 3 N–H and O–H groups in total. The summed E-state index contributed by atoms with van der Waals surface area (Å²) in [5, 5.41) is 3.73. The summed E-state index contributed by atoms with van der Waals surface area (Å²) in [7, 11) is 0. The highest BCUT2D eigenvalue weighted by Gasteiger charge is 2.12. The molecule has 1 unspecified atom stereocenters. The Morgan fingerprint density at radius 3 is 2.83 bits per heavy atom. The first-order valence-electron chi connectivity index (χ1n) is 6.42. The fourth-order valence-corrected chi connectivity index (χ4v) is 2.04. The number of nitrogens with two attached hydrogens (primary N) is 1. The van der Waals surface area contributed by atoms with Crippen LogP contribution in [0.2, 0.25) is 5.02 Å². The first-order valence-corrected chi connectivity index (χ1v) is 6.80. The molecule has 0 saturated carbocycles. The van der Waals surface area contributed by atoms with E-state index in [9.17, 15) is 4.79 Å². The van der Waals surface area contributed by atoms with Gasteiger partial charge in [0.2, 0.25) is 5.91 Å². The number of halogens is 1. The molecule has 1 amide bonds. The Morgan fingerprint density at radius 2 is 2.22 bits per heavy atom. The number of unbranched alkanes of at least 4 members (excludes halogenated alkanes) is 1. The fourth-order valence-electron chi connectivity index (χ4n) is 1.84. The molecular weight excluding hydrogens is 248 g/mol. The minimum absolute atomic E-state index is 0.0362. The van der Waals surface area contributed by atoms with E-state index in [1.165, 1.54) is 0 Å². The maximum Gasteiger partial charge on any atom is 0.220 e. The molecule has 0 spiro atoms. The maximum absolute atomic E-state index is 11.8.